The van der Waals surface area contributed by atoms with Crippen LogP contribution >= 0.6 is 0 Å². The molecule has 2 saturated carbocycles. The fraction of sp³-hybridized carbons (Fsp3) is 1.00. The number of nitrogens with one attached hydrogen (secondary N) is 1. The highest BCUT2D eigenvalue weighted by atomic mass is 16.5. The summed E-state index contributed by atoms with van der Waals surface area (Å²) in [5.41, 5.74) is 0.856. The molecule has 1 heterocycles. The molecule has 0 aromatic heterocycles. The minimum absolute atomic E-state index is 0.315. The van der Waals surface area contributed by atoms with Crippen LogP contribution in [0.15, 0.2) is 0 Å². The Balaban J connectivity index is 1.57. The summed E-state index contributed by atoms with van der Waals surface area (Å²) in [4.78, 5) is 0. The van der Waals surface area contributed by atoms with E-state index in [9.17, 15) is 0 Å². The predicted octanol–water partition coefficient (Wildman–Crippen LogP) is 4.43. The summed E-state index contributed by atoms with van der Waals surface area (Å²) >= 11 is 0. The van der Waals surface area contributed by atoms with Gasteiger partial charge in [-0.15, -0.1) is 0 Å². The molecule has 1 unspecified atom stereocenters. The van der Waals surface area contributed by atoms with E-state index in [2.05, 4.69) is 19.2 Å². The number of hydrogen-bond acceptors (Lipinski definition) is 2. The highest BCUT2D eigenvalue weighted by Gasteiger charge is 2.45. The summed E-state index contributed by atoms with van der Waals surface area (Å²) in [6, 6.07) is 0.609. The standard InChI is InChI=1S/C18H33NO/c1-15(2)19-14-17(8-3-4-9-17)13-16-7-12-18(20-16)10-5-6-11-18/h15-16,19H,3-14H2,1-2H3. The topological polar surface area (TPSA) is 21.3 Å². The van der Waals surface area contributed by atoms with Crippen LogP contribution in [0.2, 0.25) is 0 Å². The molecule has 0 bridgehead atoms. The molecule has 0 aromatic carbocycles. The maximum absolute atomic E-state index is 6.58. The van der Waals surface area contributed by atoms with Crippen LogP contribution in [0.3, 0.4) is 0 Å². The number of hydrogen-bond donors (Lipinski definition) is 1. The van der Waals surface area contributed by atoms with Crippen molar-refractivity contribution in [3.05, 3.63) is 0 Å². The first-order valence-corrected chi connectivity index (χ1v) is 9.03. The number of ether oxygens (including phenoxy) is 1. The summed E-state index contributed by atoms with van der Waals surface area (Å²) in [7, 11) is 0. The Morgan fingerprint density at radius 2 is 1.65 bits per heavy atom. The monoisotopic (exact) mass is 279 g/mol. The van der Waals surface area contributed by atoms with Crippen molar-refractivity contribution in [3.8, 4) is 0 Å². The maximum Gasteiger partial charge on any atom is 0.0687 e. The Labute approximate surface area is 125 Å². The van der Waals surface area contributed by atoms with Crippen LogP contribution in [0.1, 0.15) is 84.5 Å². The van der Waals surface area contributed by atoms with Crippen LogP contribution in [0.4, 0.5) is 0 Å². The highest BCUT2D eigenvalue weighted by molar-refractivity contribution is 4.96. The van der Waals surface area contributed by atoms with Crippen molar-refractivity contribution in [1.29, 1.82) is 0 Å². The van der Waals surface area contributed by atoms with Gasteiger partial charge in [0.1, 0.15) is 0 Å². The molecule has 0 radical (unpaired) electrons. The van der Waals surface area contributed by atoms with Crippen LogP contribution < -0.4 is 5.32 Å². The van der Waals surface area contributed by atoms with Gasteiger partial charge in [0, 0.05) is 12.6 Å². The third-order valence-corrected chi connectivity index (χ3v) is 6.06. The lowest BCUT2D eigenvalue weighted by atomic mass is 9.79. The molecule has 0 aromatic rings. The van der Waals surface area contributed by atoms with E-state index in [0.717, 1.165) is 0 Å². The van der Waals surface area contributed by atoms with Crippen LogP contribution in [0, 0.1) is 5.41 Å². The van der Waals surface area contributed by atoms with Gasteiger partial charge in [-0.1, -0.05) is 39.5 Å². The highest BCUT2D eigenvalue weighted by Crippen LogP contribution is 2.49. The van der Waals surface area contributed by atoms with Crippen LogP contribution in [-0.2, 0) is 4.74 Å². The van der Waals surface area contributed by atoms with E-state index in [1.165, 1.54) is 77.2 Å². The minimum Gasteiger partial charge on any atom is -0.372 e. The molecule has 3 rings (SSSR count). The summed E-state index contributed by atoms with van der Waals surface area (Å²) < 4.78 is 6.58. The van der Waals surface area contributed by atoms with Crippen LogP contribution in [-0.4, -0.2) is 24.3 Å². The van der Waals surface area contributed by atoms with E-state index < -0.39 is 0 Å². The molecule has 2 aliphatic carbocycles. The Kier molecular flexibility index (Phi) is 4.42. The van der Waals surface area contributed by atoms with Crippen molar-refractivity contribution < 1.29 is 4.74 Å². The van der Waals surface area contributed by atoms with E-state index >= 15 is 0 Å². The van der Waals surface area contributed by atoms with E-state index in [1.807, 2.05) is 0 Å². The fourth-order valence-electron chi connectivity index (χ4n) is 4.91. The first kappa shape index (κ1) is 14.8. The normalized spacial score (nSPS) is 31.6. The third-order valence-electron chi connectivity index (χ3n) is 6.06. The average Bonchev–Trinajstić information content (AvgIpc) is 3.12. The zero-order chi connectivity index (χ0) is 14.1. The molecule has 0 amide bonds. The average molecular weight is 279 g/mol. The second-order valence-corrected chi connectivity index (χ2v) is 8.12. The first-order chi connectivity index (χ1) is 9.62. The molecule has 2 nitrogen and oxygen atoms in total. The van der Waals surface area contributed by atoms with Crippen molar-refractivity contribution >= 4 is 0 Å². The quantitative estimate of drug-likeness (QED) is 0.804. The molecule has 1 aliphatic heterocycles. The van der Waals surface area contributed by atoms with Gasteiger partial charge in [-0.25, -0.2) is 0 Å². The molecule has 1 N–H and O–H groups in total. The zero-order valence-corrected chi connectivity index (χ0v) is 13.5. The predicted molar refractivity (Wildman–Crippen MR) is 84.0 cm³/mol. The number of rotatable bonds is 5. The largest absolute Gasteiger partial charge is 0.372 e. The van der Waals surface area contributed by atoms with E-state index in [4.69, 9.17) is 4.74 Å². The van der Waals surface area contributed by atoms with Gasteiger partial charge in [0.25, 0.3) is 0 Å². The SMILES string of the molecule is CC(C)NCC1(CC2CCC3(CCCC3)O2)CCCC1. The Morgan fingerprint density at radius 3 is 2.30 bits per heavy atom. The lowest BCUT2D eigenvalue weighted by Gasteiger charge is -2.34. The van der Waals surface area contributed by atoms with Crippen LogP contribution in [0.25, 0.3) is 0 Å². The van der Waals surface area contributed by atoms with Crippen LogP contribution in [0.5, 0.6) is 0 Å². The first-order valence-electron chi connectivity index (χ1n) is 9.03. The smallest absolute Gasteiger partial charge is 0.0687 e. The zero-order valence-electron chi connectivity index (χ0n) is 13.5. The molecule has 1 saturated heterocycles. The van der Waals surface area contributed by atoms with Crippen molar-refractivity contribution in [1.82, 2.24) is 5.32 Å². The van der Waals surface area contributed by atoms with Gasteiger partial charge in [0.05, 0.1) is 11.7 Å². The van der Waals surface area contributed by atoms with Gasteiger partial charge >= 0.3 is 0 Å². The summed E-state index contributed by atoms with van der Waals surface area (Å²) in [5.74, 6) is 0. The Morgan fingerprint density at radius 1 is 1.00 bits per heavy atom. The van der Waals surface area contributed by atoms with Gasteiger partial charge < -0.3 is 10.1 Å². The molecule has 2 heteroatoms. The molecule has 116 valence electrons. The van der Waals surface area contributed by atoms with Crippen molar-refractivity contribution in [2.45, 2.75) is 102 Å². The maximum atomic E-state index is 6.58. The molecule has 20 heavy (non-hydrogen) atoms. The molecule has 3 fully saturated rings. The van der Waals surface area contributed by atoms with Crippen molar-refractivity contribution in [2.24, 2.45) is 5.41 Å². The van der Waals surface area contributed by atoms with Crippen molar-refractivity contribution in [2.75, 3.05) is 6.54 Å². The summed E-state index contributed by atoms with van der Waals surface area (Å²) in [5, 5.41) is 3.71. The van der Waals surface area contributed by atoms with E-state index in [0.29, 0.717) is 23.2 Å². The van der Waals surface area contributed by atoms with Gasteiger partial charge in [0.2, 0.25) is 0 Å². The molecule has 1 spiro atoms. The molecule has 1 atom stereocenters. The molecule has 3 aliphatic rings. The van der Waals surface area contributed by atoms with Gasteiger partial charge in [-0.2, -0.15) is 0 Å². The molecular formula is C18H33NO. The lowest BCUT2D eigenvalue weighted by molar-refractivity contribution is -0.0531. The second-order valence-electron chi connectivity index (χ2n) is 8.12. The van der Waals surface area contributed by atoms with Gasteiger partial charge in [-0.05, 0) is 50.4 Å². The minimum atomic E-state index is 0.315. The van der Waals surface area contributed by atoms with E-state index in [1.54, 1.807) is 0 Å². The lowest BCUT2D eigenvalue weighted by Crippen LogP contribution is -2.38. The summed E-state index contributed by atoms with van der Waals surface area (Å²) in [6.07, 6.45) is 15.7. The fourth-order valence-corrected chi connectivity index (χ4v) is 4.91. The molecular weight excluding hydrogens is 246 g/mol. The second kappa shape index (κ2) is 5.96. The van der Waals surface area contributed by atoms with Gasteiger partial charge in [-0.3, -0.25) is 0 Å². The summed E-state index contributed by atoms with van der Waals surface area (Å²) in [6.45, 7) is 5.74. The van der Waals surface area contributed by atoms with Crippen molar-refractivity contribution in [3.63, 3.8) is 0 Å². The third kappa shape index (κ3) is 3.22. The Bertz CT molecular complexity index is 313. The Hall–Kier alpha value is -0.0800. The van der Waals surface area contributed by atoms with Gasteiger partial charge in [0.15, 0.2) is 0 Å². The van der Waals surface area contributed by atoms with E-state index in [-0.39, 0.29) is 0 Å².